The second-order valence-electron chi connectivity index (χ2n) is 6.06. The lowest BCUT2D eigenvalue weighted by atomic mass is 10.1. The molecule has 116 valence electrons. The summed E-state index contributed by atoms with van der Waals surface area (Å²) >= 11 is 0. The van der Waals surface area contributed by atoms with Crippen LogP contribution in [0.3, 0.4) is 0 Å². The van der Waals surface area contributed by atoms with E-state index in [1.807, 2.05) is 20.8 Å². The molecule has 0 unspecified atom stereocenters. The lowest BCUT2D eigenvalue weighted by molar-refractivity contribution is -0.131. The summed E-state index contributed by atoms with van der Waals surface area (Å²) in [4.78, 5) is 25.6. The van der Waals surface area contributed by atoms with Crippen molar-refractivity contribution in [1.82, 2.24) is 10.2 Å². The number of likely N-dealkylation sites (tertiary alicyclic amines) is 1. The Morgan fingerprint density at radius 1 is 1.45 bits per heavy atom. The van der Waals surface area contributed by atoms with Gasteiger partial charge in [0.2, 0.25) is 5.91 Å². The van der Waals surface area contributed by atoms with Gasteiger partial charge in [0.25, 0.3) is 0 Å². The largest absolute Gasteiger partial charge is 0.444 e. The predicted molar refractivity (Wildman–Crippen MR) is 75.5 cm³/mol. The van der Waals surface area contributed by atoms with Gasteiger partial charge in [0.1, 0.15) is 5.60 Å². The summed E-state index contributed by atoms with van der Waals surface area (Å²) in [6, 6.07) is -0.148. The molecule has 0 radical (unpaired) electrons. The zero-order valence-corrected chi connectivity index (χ0v) is 12.9. The van der Waals surface area contributed by atoms with Crippen molar-refractivity contribution in [3.05, 3.63) is 0 Å². The van der Waals surface area contributed by atoms with Crippen molar-refractivity contribution >= 4 is 12.0 Å². The van der Waals surface area contributed by atoms with Gasteiger partial charge in [0.05, 0.1) is 6.61 Å². The van der Waals surface area contributed by atoms with Gasteiger partial charge in [-0.25, -0.2) is 4.79 Å². The highest BCUT2D eigenvalue weighted by molar-refractivity contribution is 5.78. The lowest BCUT2D eigenvalue weighted by Crippen LogP contribution is -2.41. The fraction of sp³-hybridized carbons (Fsp3) is 0.857. The van der Waals surface area contributed by atoms with Crippen LogP contribution in [-0.4, -0.2) is 55.3 Å². The zero-order valence-electron chi connectivity index (χ0n) is 12.9. The van der Waals surface area contributed by atoms with Gasteiger partial charge in [-0.3, -0.25) is 4.79 Å². The third-order valence-electron chi connectivity index (χ3n) is 3.04. The first-order valence-corrected chi connectivity index (χ1v) is 7.08. The van der Waals surface area contributed by atoms with Crippen LogP contribution in [0.5, 0.6) is 0 Å². The molecule has 1 fully saturated rings. The standard InChI is InChI=1S/C14H26N2O4/c1-14(2,3)20-13(18)15-11-6-5-7-16(8-9-19-4)12(17)10-11/h11H,5-10H2,1-4H3,(H,15,18)/t11-/m0/s1. The first-order chi connectivity index (χ1) is 9.31. The predicted octanol–water partition coefficient (Wildman–Crippen LogP) is 1.54. The number of alkyl carbamates (subject to hydrolysis) is 1. The van der Waals surface area contributed by atoms with Crippen LogP contribution in [0.2, 0.25) is 0 Å². The summed E-state index contributed by atoms with van der Waals surface area (Å²) in [5.74, 6) is 0.0561. The minimum atomic E-state index is -0.524. The van der Waals surface area contributed by atoms with Crippen LogP contribution >= 0.6 is 0 Å². The van der Waals surface area contributed by atoms with Gasteiger partial charge >= 0.3 is 6.09 Å². The number of hydrogen-bond acceptors (Lipinski definition) is 4. The number of carbonyl (C=O) groups is 2. The van der Waals surface area contributed by atoms with E-state index in [1.54, 1.807) is 12.0 Å². The molecular formula is C14H26N2O4. The van der Waals surface area contributed by atoms with Gasteiger partial charge in [-0.15, -0.1) is 0 Å². The number of nitrogens with one attached hydrogen (secondary N) is 1. The summed E-state index contributed by atoms with van der Waals surface area (Å²) in [5, 5.41) is 2.78. The first-order valence-electron chi connectivity index (χ1n) is 7.08. The summed E-state index contributed by atoms with van der Waals surface area (Å²) in [6.07, 6.45) is 1.52. The summed E-state index contributed by atoms with van der Waals surface area (Å²) in [6.45, 7) is 7.31. The molecule has 1 rings (SSSR count). The highest BCUT2D eigenvalue weighted by Crippen LogP contribution is 2.14. The van der Waals surface area contributed by atoms with Crippen LogP contribution in [0, 0.1) is 0 Å². The van der Waals surface area contributed by atoms with Gasteiger partial charge in [-0.2, -0.15) is 0 Å². The highest BCUT2D eigenvalue weighted by atomic mass is 16.6. The first kappa shape index (κ1) is 16.8. The molecule has 1 aliphatic heterocycles. The molecular weight excluding hydrogens is 260 g/mol. The Bertz CT molecular complexity index is 339. The molecule has 6 nitrogen and oxygen atoms in total. The van der Waals surface area contributed by atoms with E-state index in [4.69, 9.17) is 9.47 Å². The fourth-order valence-corrected chi connectivity index (χ4v) is 2.13. The van der Waals surface area contributed by atoms with Crippen LogP contribution < -0.4 is 5.32 Å². The Hall–Kier alpha value is -1.30. The molecule has 0 aliphatic carbocycles. The Morgan fingerprint density at radius 3 is 2.75 bits per heavy atom. The Morgan fingerprint density at radius 2 is 2.15 bits per heavy atom. The average Bonchev–Trinajstić information content (AvgIpc) is 2.46. The SMILES string of the molecule is COCCN1CCC[C@H](NC(=O)OC(C)(C)C)CC1=O. The Labute approximate surface area is 120 Å². The quantitative estimate of drug-likeness (QED) is 0.851. The van der Waals surface area contributed by atoms with Crippen molar-refractivity contribution in [2.75, 3.05) is 26.8 Å². The smallest absolute Gasteiger partial charge is 0.407 e. The van der Waals surface area contributed by atoms with Gasteiger partial charge < -0.3 is 19.7 Å². The maximum Gasteiger partial charge on any atom is 0.407 e. The Kier molecular flexibility index (Phi) is 6.26. The lowest BCUT2D eigenvalue weighted by Gasteiger charge is -2.23. The van der Waals surface area contributed by atoms with Gasteiger partial charge in [0, 0.05) is 32.7 Å². The zero-order chi connectivity index (χ0) is 15.2. The summed E-state index contributed by atoms with van der Waals surface area (Å²) in [5.41, 5.74) is -0.524. The van der Waals surface area contributed by atoms with E-state index in [9.17, 15) is 9.59 Å². The van der Waals surface area contributed by atoms with Crippen molar-refractivity contribution in [1.29, 1.82) is 0 Å². The molecule has 2 amide bonds. The molecule has 6 heteroatoms. The van der Waals surface area contributed by atoms with Gasteiger partial charge in [-0.1, -0.05) is 0 Å². The molecule has 1 N–H and O–H groups in total. The number of hydrogen-bond donors (Lipinski definition) is 1. The van der Waals surface area contributed by atoms with Crippen LogP contribution in [0.1, 0.15) is 40.0 Å². The van der Waals surface area contributed by atoms with E-state index in [0.29, 0.717) is 26.1 Å². The topological polar surface area (TPSA) is 67.9 Å². The van der Waals surface area contributed by atoms with Crippen molar-refractivity contribution in [3.8, 4) is 0 Å². The second-order valence-corrected chi connectivity index (χ2v) is 6.06. The number of methoxy groups -OCH3 is 1. The summed E-state index contributed by atoms with van der Waals surface area (Å²) in [7, 11) is 1.62. The molecule has 1 atom stereocenters. The summed E-state index contributed by atoms with van der Waals surface area (Å²) < 4.78 is 10.2. The molecule has 0 aromatic rings. The van der Waals surface area contributed by atoms with E-state index < -0.39 is 11.7 Å². The van der Waals surface area contributed by atoms with Gasteiger partial charge in [0.15, 0.2) is 0 Å². The second kappa shape index (κ2) is 7.47. The van der Waals surface area contributed by atoms with E-state index in [0.717, 1.165) is 12.8 Å². The van der Waals surface area contributed by atoms with Crippen LogP contribution in [0.4, 0.5) is 4.79 Å². The number of amides is 2. The maximum atomic E-state index is 12.1. The monoisotopic (exact) mass is 286 g/mol. The maximum absolute atomic E-state index is 12.1. The molecule has 1 heterocycles. The van der Waals surface area contributed by atoms with Gasteiger partial charge in [-0.05, 0) is 33.6 Å². The van der Waals surface area contributed by atoms with Crippen LogP contribution in [0.25, 0.3) is 0 Å². The van der Waals surface area contributed by atoms with E-state index in [1.165, 1.54) is 0 Å². The minimum Gasteiger partial charge on any atom is -0.444 e. The molecule has 0 saturated carbocycles. The van der Waals surface area contributed by atoms with Crippen molar-refractivity contribution < 1.29 is 19.1 Å². The van der Waals surface area contributed by atoms with Crippen LogP contribution in [-0.2, 0) is 14.3 Å². The molecule has 0 aromatic carbocycles. The third kappa shape index (κ3) is 6.23. The van der Waals surface area contributed by atoms with E-state index in [2.05, 4.69) is 5.32 Å². The van der Waals surface area contributed by atoms with E-state index in [-0.39, 0.29) is 11.9 Å². The van der Waals surface area contributed by atoms with Crippen molar-refractivity contribution in [2.45, 2.75) is 51.7 Å². The molecule has 0 bridgehead atoms. The molecule has 1 saturated heterocycles. The molecule has 0 aromatic heterocycles. The normalized spacial score (nSPS) is 20.5. The number of nitrogens with zero attached hydrogens (tertiary/aromatic N) is 1. The minimum absolute atomic E-state index is 0.0561. The molecule has 1 aliphatic rings. The van der Waals surface area contributed by atoms with Crippen molar-refractivity contribution in [3.63, 3.8) is 0 Å². The molecule has 0 spiro atoms. The highest BCUT2D eigenvalue weighted by Gasteiger charge is 2.26. The number of carbonyl (C=O) groups excluding carboxylic acids is 2. The Balaban J connectivity index is 2.45. The van der Waals surface area contributed by atoms with Crippen LogP contribution in [0.15, 0.2) is 0 Å². The number of ether oxygens (including phenoxy) is 2. The third-order valence-corrected chi connectivity index (χ3v) is 3.04. The van der Waals surface area contributed by atoms with Crippen molar-refractivity contribution in [2.24, 2.45) is 0 Å². The number of rotatable bonds is 4. The fourth-order valence-electron chi connectivity index (χ4n) is 2.13. The van der Waals surface area contributed by atoms with E-state index >= 15 is 0 Å². The molecule has 20 heavy (non-hydrogen) atoms. The average molecular weight is 286 g/mol.